The van der Waals surface area contributed by atoms with Gasteiger partial charge in [-0.05, 0) is 48.7 Å². The number of sulfonamides is 1. The summed E-state index contributed by atoms with van der Waals surface area (Å²) in [6.07, 6.45) is 1.32. The number of hydrogen-bond donors (Lipinski definition) is 1. The van der Waals surface area contributed by atoms with Crippen LogP contribution in [0.3, 0.4) is 0 Å². The van der Waals surface area contributed by atoms with Gasteiger partial charge in [0.2, 0.25) is 15.9 Å². The Morgan fingerprint density at radius 2 is 1.85 bits per heavy atom. The van der Waals surface area contributed by atoms with E-state index >= 15 is 0 Å². The summed E-state index contributed by atoms with van der Waals surface area (Å²) in [5.41, 5.74) is 1.85. The van der Waals surface area contributed by atoms with Gasteiger partial charge in [0.05, 0.1) is 11.9 Å². The Labute approximate surface area is 164 Å². The van der Waals surface area contributed by atoms with Gasteiger partial charge in [-0.2, -0.15) is 0 Å². The molecule has 0 aliphatic carbocycles. The third-order valence-electron chi connectivity index (χ3n) is 4.12. The van der Waals surface area contributed by atoms with Crippen molar-refractivity contribution in [2.75, 3.05) is 10.6 Å². The molecule has 0 fully saturated rings. The molecule has 0 aromatic heterocycles. The van der Waals surface area contributed by atoms with E-state index in [2.05, 4.69) is 5.32 Å². The Morgan fingerprint density at radius 1 is 1.22 bits per heavy atom. The molecule has 0 saturated heterocycles. The van der Waals surface area contributed by atoms with Crippen LogP contribution in [0, 0.1) is 12.7 Å². The number of halogens is 2. The molecule has 0 aliphatic rings. The number of nitrogens with one attached hydrogen (secondary N) is 1. The van der Waals surface area contributed by atoms with Crippen LogP contribution in [0.4, 0.5) is 10.1 Å². The first-order chi connectivity index (χ1) is 12.6. The molecule has 0 aliphatic heterocycles. The smallest absolute Gasteiger partial charge is 0.244 e. The number of anilines is 1. The quantitative estimate of drug-likeness (QED) is 0.754. The van der Waals surface area contributed by atoms with Crippen molar-refractivity contribution in [3.63, 3.8) is 0 Å². The van der Waals surface area contributed by atoms with E-state index in [-0.39, 0.29) is 18.8 Å². The van der Waals surface area contributed by atoms with Crippen molar-refractivity contribution in [1.82, 2.24) is 5.32 Å². The van der Waals surface area contributed by atoms with Gasteiger partial charge in [-0.15, -0.1) is 0 Å². The van der Waals surface area contributed by atoms with Gasteiger partial charge in [0.1, 0.15) is 11.9 Å². The lowest BCUT2D eigenvalue weighted by Gasteiger charge is -2.30. The van der Waals surface area contributed by atoms with E-state index < -0.39 is 22.0 Å². The molecule has 0 bridgehead atoms. The largest absolute Gasteiger partial charge is 0.350 e. The summed E-state index contributed by atoms with van der Waals surface area (Å²) >= 11 is 6.14. The minimum atomic E-state index is -3.73. The van der Waals surface area contributed by atoms with Crippen molar-refractivity contribution in [3.8, 4) is 0 Å². The van der Waals surface area contributed by atoms with Crippen LogP contribution < -0.4 is 9.62 Å². The van der Waals surface area contributed by atoms with Crippen molar-refractivity contribution >= 4 is 33.2 Å². The summed E-state index contributed by atoms with van der Waals surface area (Å²) in [5, 5.41) is 3.14. The number of carbonyl (C=O) groups is 1. The molecular formula is C19H22ClFN2O3S. The number of aryl methyl sites for hydroxylation is 1. The number of benzene rings is 2. The second kappa shape index (κ2) is 8.71. The third kappa shape index (κ3) is 5.43. The average Bonchev–Trinajstić information content (AvgIpc) is 2.60. The molecule has 8 heteroatoms. The number of hydrogen-bond acceptors (Lipinski definition) is 3. The molecule has 27 heavy (non-hydrogen) atoms. The summed E-state index contributed by atoms with van der Waals surface area (Å²) < 4.78 is 38.9. The zero-order valence-corrected chi connectivity index (χ0v) is 16.9. The fraction of sp³-hybridized carbons (Fsp3) is 0.316. The van der Waals surface area contributed by atoms with Gasteiger partial charge in [0.15, 0.2) is 0 Å². The number of nitrogens with zero attached hydrogens (tertiary/aromatic N) is 1. The number of carbonyl (C=O) groups excluding carboxylic acids is 1. The highest BCUT2D eigenvalue weighted by atomic mass is 35.5. The summed E-state index contributed by atoms with van der Waals surface area (Å²) in [4.78, 5) is 12.7. The molecule has 0 radical (unpaired) electrons. The molecule has 2 rings (SSSR count). The summed E-state index contributed by atoms with van der Waals surface area (Å²) in [6, 6.07) is 9.66. The van der Waals surface area contributed by atoms with Crippen molar-refractivity contribution in [2.24, 2.45) is 0 Å². The van der Waals surface area contributed by atoms with Crippen molar-refractivity contribution in [3.05, 3.63) is 64.4 Å². The summed E-state index contributed by atoms with van der Waals surface area (Å²) in [7, 11) is -3.73. The van der Waals surface area contributed by atoms with E-state index in [1.807, 2.05) is 6.92 Å². The van der Waals surface area contributed by atoms with Gasteiger partial charge >= 0.3 is 0 Å². The normalized spacial score (nSPS) is 12.5. The average molecular weight is 413 g/mol. The Kier molecular flexibility index (Phi) is 6.84. The molecule has 0 spiro atoms. The first-order valence-corrected chi connectivity index (χ1v) is 10.6. The fourth-order valence-electron chi connectivity index (χ4n) is 2.69. The van der Waals surface area contributed by atoms with E-state index in [0.29, 0.717) is 16.3 Å². The lowest BCUT2D eigenvalue weighted by atomic mass is 10.1. The van der Waals surface area contributed by atoms with E-state index in [1.165, 1.54) is 18.2 Å². The molecule has 1 N–H and O–H groups in total. The van der Waals surface area contributed by atoms with Crippen molar-refractivity contribution in [1.29, 1.82) is 0 Å². The van der Waals surface area contributed by atoms with Crippen molar-refractivity contribution < 1.29 is 17.6 Å². The van der Waals surface area contributed by atoms with Crippen molar-refractivity contribution in [2.45, 2.75) is 32.9 Å². The van der Waals surface area contributed by atoms with E-state index in [0.717, 1.165) is 16.1 Å². The highest BCUT2D eigenvalue weighted by molar-refractivity contribution is 7.92. The molecule has 2 aromatic carbocycles. The number of amides is 1. The molecule has 5 nitrogen and oxygen atoms in total. The van der Waals surface area contributed by atoms with E-state index in [9.17, 15) is 17.6 Å². The predicted molar refractivity (Wildman–Crippen MR) is 106 cm³/mol. The van der Waals surface area contributed by atoms with Crippen LogP contribution in [-0.4, -0.2) is 26.6 Å². The van der Waals surface area contributed by atoms with Crippen LogP contribution in [0.1, 0.15) is 24.5 Å². The Hall–Kier alpha value is -2.12. The first kappa shape index (κ1) is 21.2. The molecular weight excluding hydrogens is 391 g/mol. The Bertz CT molecular complexity index is 917. The second-order valence-corrected chi connectivity index (χ2v) is 8.53. The second-order valence-electron chi connectivity index (χ2n) is 6.26. The Morgan fingerprint density at radius 3 is 2.37 bits per heavy atom. The zero-order valence-electron chi connectivity index (χ0n) is 15.4. The van der Waals surface area contributed by atoms with Gasteiger partial charge in [-0.1, -0.05) is 36.7 Å². The van der Waals surface area contributed by atoms with Gasteiger partial charge in [-0.3, -0.25) is 9.10 Å². The fourth-order valence-corrected chi connectivity index (χ4v) is 4.07. The van der Waals surface area contributed by atoms with Crippen LogP contribution in [0.25, 0.3) is 0 Å². The van der Waals surface area contributed by atoms with Gasteiger partial charge < -0.3 is 5.32 Å². The molecule has 0 saturated carbocycles. The lowest BCUT2D eigenvalue weighted by Crippen LogP contribution is -2.49. The summed E-state index contributed by atoms with van der Waals surface area (Å²) in [6.45, 7) is 3.71. The standard InChI is InChI=1S/C19H22ClFN2O3S/c1-4-18(19(24)22-12-14-6-8-15(21)9-7-14)23(27(3,25)26)16-10-5-13(2)17(20)11-16/h5-11,18H,4,12H2,1-3H3,(H,22,24)/t18-/m1/s1. The molecule has 1 amide bonds. The molecule has 146 valence electrons. The molecule has 0 heterocycles. The zero-order chi connectivity index (χ0) is 20.2. The Balaban J connectivity index is 2.27. The highest BCUT2D eigenvalue weighted by Gasteiger charge is 2.31. The van der Waals surface area contributed by atoms with Crippen LogP contribution in [0.15, 0.2) is 42.5 Å². The molecule has 2 aromatic rings. The van der Waals surface area contributed by atoms with E-state index in [4.69, 9.17) is 11.6 Å². The minimum absolute atomic E-state index is 0.169. The summed E-state index contributed by atoms with van der Waals surface area (Å²) in [5.74, 6) is -0.806. The number of rotatable bonds is 7. The van der Waals surface area contributed by atoms with Crippen LogP contribution >= 0.6 is 11.6 Å². The monoisotopic (exact) mass is 412 g/mol. The SMILES string of the molecule is CC[C@H](C(=O)NCc1ccc(F)cc1)N(c1ccc(C)c(Cl)c1)S(C)(=O)=O. The first-order valence-electron chi connectivity index (χ1n) is 8.41. The molecule has 1 atom stereocenters. The highest BCUT2D eigenvalue weighted by Crippen LogP contribution is 2.27. The van der Waals surface area contributed by atoms with E-state index in [1.54, 1.807) is 31.2 Å². The third-order valence-corrected chi connectivity index (χ3v) is 5.71. The van der Waals surface area contributed by atoms with Gasteiger partial charge in [0, 0.05) is 11.6 Å². The minimum Gasteiger partial charge on any atom is -0.350 e. The maximum Gasteiger partial charge on any atom is 0.244 e. The van der Waals surface area contributed by atoms with Crippen LogP contribution in [0.2, 0.25) is 5.02 Å². The predicted octanol–water partition coefficient (Wildman–Crippen LogP) is 3.65. The topological polar surface area (TPSA) is 66.5 Å². The van der Waals surface area contributed by atoms with Crippen LogP contribution in [-0.2, 0) is 21.4 Å². The maximum absolute atomic E-state index is 13.0. The lowest BCUT2D eigenvalue weighted by molar-refractivity contribution is -0.122. The van der Waals surface area contributed by atoms with Gasteiger partial charge in [0.25, 0.3) is 0 Å². The maximum atomic E-state index is 13.0. The van der Waals surface area contributed by atoms with Crippen LogP contribution in [0.5, 0.6) is 0 Å². The van der Waals surface area contributed by atoms with Gasteiger partial charge in [-0.25, -0.2) is 12.8 Å². The molecule has 0 unspecified atom stereocenters.